The second-order valence-corrected chi connectivity index (χ2v) is 8.46. The van der Waals surface area contributed by atoms with Crippen molar-refractivity contribution in [1.29, 1.82) is 0 Å². The van der Waals surface area contributed by atoms with E-state index >= 15 is 0 Å². The first-order valence-corrected chi connectivity index (χ1v) is 10.7. The van der Waals surface area contributed by atoms with E-state index in [0.717, 1.165) is 22.4 Å². The van der Waals surface area contributed by atoms with Gasteiger partial charge in [0.1, 0.15) is 0 Å². The van der Waals surface area contributed by atoms with E-state index in [9.17, 15) is 9.59 Å². The Labute approximate surface area is 177 Å². The minimum absolute atomic E-state index is 0.115. The fourth-order valence-corrected chi connectivity index (χ4v) is 3.94. The average molecular weight is 425 g/mol. The molecule has 0 atom stereocenters. The van der Waals surface area contributed by atoms with Crippen molar-refractivity contribution in [1.82, 2.24) is 10.2 Å². The summed E-state index contributed by atoms with van der Waals surface area (Å²) in [6.07, 6.45) is 3.17. The zero-order valence-electron chi connectivity index (χ0n) is 16.0. The number of carbonyl (C=O) groups excluding carboxylic acids is 2. The van der Waals surface area contributed by atoms with Crippen molar-refractivity contribution in [2.24, 2.45) is 0 Å². The minimum atomic E-state index is -0.283. The second-order valence-electron chi connectivity index (χ2n) is 6.26. The first-order valence-electron chi connectivity index (χ1n) is 8.87. The van der Waals surface area contributed by atoms with Crippen LogP contribution in [0.2, 0.25) is 0 Å². The monoisotopic (exact) mass is 424 g/mol. The molecule has 8 heteroatoms. The molecule has 0 spiro atoms. The highest BCUT2D eigenvalue weighted by Gasteiger charge is 2.10. The zero-order chi connectivity index (χ0) is 20.6. The molecule has 0 aliphatic rings. The normalized spacial score (nSPS) is 10.8. The van der Waals surface area contributed by atoms with Crippen LogP contribution in [-0.4, -0.2) is 27.8 Å². The molecule has 6 nitrogen and oxygen atoms in total. The highest BCUT2D eigenvalue weighted by atomic mass is 32.2. The van der Waals surface area contributed by atoms with Crippen molar-refractivity contribution in [3.05, 3.63) is 71.3 Å². The molecule has 0 fully saturated rings. The Kier molecular flexibility index (Phi) is 7.15. The minimum Gasteiger partial charge on any atom is -0.325 e. The fraction of sp³-hybridized carbons (Fsp3) is 0.143. The number of hydrogen-bond acceptors (Lipinski definition) is 6. The van der Waals surface area contributed by atoms with Gasteiger partial charge in [0.05, 0.1) is 5.75 Å². The SMILES string of the molecule is Cc1ccc(C)c(NC(=O)CSc2nnc(NC(=O)/C=C/c3ccccc3)s2)c1. The number of rotatable bonds is 7. The van der Waals surface area contributed by atoms with Crippen molar-refractivity contribution in [3.63, 3.8) is 0 Å². The van der Waals surface area contributed by atoms with Gasteiger partial charge in [-0.05, 0) is 42.7 Å². The summed E-state index contributed by atoms with van der Waals surface area (Å²) >= 11 is 2.51. The number of aryl methyl sites for hydroxylation is 2. The highest BCUT2D eigenvalue weighted by molar-refractivity contribution is 8.01. The van der Waals surface area contributed by atoms with Crippen molar-refractivity contribution in [2.45, 2.75) is 18.2 Å². The van der Waals surface area contributed by atoms with Gasteiger partial charge in [-0.25, -0.2) is 0 Å². The molecule has 0 radical (unpaired) electrons. The number of anilines is 2. The largest absolute Gasteiger partial charge is 0.325 e. The molecule has 0 aliphatic heterocycles. The molecular formula is C21H20N4O2S2. The number of nitrogens with one attached hydrogen (secondary N) is 2. The van der Waals surface area contributed by atoms with Crippen molar-refractivity contribution in [3.8, 4) is 0 Å². The van der Waals surface area contributed by atoms with Gasteiger partial charge >= 0.3 is 0 Å². The van der Waals surface area contributed by atoms with E-state index in [1.165, 1.54) is 29.2 Å². The van der Waals surface area contributed by atoms with Crippen LogP contribution in [-0.2, 0) is 9.59 Å². The number of carbonyl (C=O) groups is 2. The predicted molar refractivity (Wildman–Crippen MR) is 119 cm³/mol. The quantitative estimate of drug-likeness (QED) is 0.331. The molecule has 148 valence electrons. The van der Waals surface area contributed by atoms with Gasteiger partial charge in [0, 0.05) is 11.8 Å². The summed E-state index contributed by atoms with van der Waals surface area (Å²) in [5.74, 6) is -0.186. The molecule has 3 rings (SSSR count). The number of nitrogens with zero attached hydrogens (tertiary/aromatic N) is 2. The smallest absolute Gasteiger partial charge is 0.250 e. The van der Waals surface area contributed by atoms with Crippen LogP contribution >= 0.6 is 23.1 Å². The zero-order valence-corrected chi connectivity index (χ0v) is 17.6. The Morgan fingerprint density at radius 2 is 1.86 bits per heavy atom. The van der Waals surface area contributed by atoms with E-state index in [2.05, 4.69) is 20.8 Å². The molecule has 0 aliphatic carbocycles. The van der Waals surface area contributed by atoms with Gasteiger partial charge in [-0.3, -0.25) is 14.9 Å². The summed E-state index contributed by atoms with van der Waals surface area (Å²) in [4.78, 5) is 24.2. The molecule has 2 N–H and O–H groups in total. The Morgan fingerprint density at radius 3 is 2.66 bits per heavy atom. The van der Waals surface area contributed by atoms with Crippen molar-refractivity contribution >= 4 is 51.8 Å². The van der Waals surface area contributed by atoms with Gasteiger partial charge in [0.25, 0.3) is 0 Å². The first-order chi connectivity index (χ1) is 14.0. The topological polar surface area (TPSA) is 84.0 Å². The third-order valence-electron chi connectivity index (χ3n) is 3.86. The van der Waals surface area contributed by atoms with Gasteiger partial charge in [0.15, 0.2) is 4.34 Å². The van der Waals surface area contributed by atoms with Crippen LogP contribution in [0.4, 0.5) is 10.8 Å². The molecule has 1 aromatic heterocycles. The summed E-state index contributed by atoms with van der Waals surface area (Å²) < 4.78 is 0.614. The Balaban J connectivity index is 1.48. The van der Waals surface area contributed by atoms with Crippen LogP contribution in [0.5, 0.6) is 0 Å². The maximum Gasteiger partial charge on any atom is 0.250 e. The number of amides is 2. The molecule has 2 aromatic carbocycles. The Bertz CT molecular complexity index is 1030. The molecule has 29 heavy (non-hydrogen) atoms. The van der Waals surface area contributed by atoms with Gasteiger partial charge in [0.2, 0.25) is 16.9 Å². The van der Waals surface area contributed by atoms with Gasteiger partial charge < -0.3 is 5.32 Å². The second kappa shape index (κ2) is 9.99. The summed E-state index contributed by atoms with van der Waals surface area (Å²) in [6, 6.07) is 15.5. The standard InChI is InChI=1S/C21H20N4O2S2/c1-14-8-9-15(2)17(12-14)22-19(27)13-28-21-25-24-20(29-21)23-18(26)11-10-16-6-4-3-5-7-16/h3-12H,13H2,1-2H3,(H,22,27)(H,23,24,26)/b11-10+. The van der Waals surface area contributed by atoms with E-state index in [-0.39, 0.29) is 17.6 Å². The number of benzene rings is 2. The average Bonchev–Trinajstić information content (AvgIpc) is 3.16. The Hall–Kier alpha value is -2.97. The summed E-state index contributed by atoms with van der Waals surface area (Å²) in [5.41, 5.74) is 3.85. The number of aromatic nitrogens is 2. The third kappa shape index (κ3) is 6.55. The Morgan fingerprint density at radius 1 is 1.07 bits per heavy atom. The molecule has 0 saturated heterocycles. The lowest BCUT2D eigenvalue weighted by Gasteiger charge is -2.08. The summed E-state index contributed by atoms with van der Waals surface area (Å²) in [6.45, 7) is 3.93. The number of hydrogen-bond donors (Lipinski definition) is 2. The molecule has 3 aromatic rings. The van der Waals surface area contributed by atoms with Crippen molar-refractivity contribution in [2.75, 3.05) is 16.4 Å². The highest BCUT2D eigenvalue weighted by Crippen LogP contribution is 2.26. The lowest BCUT2D eigenvalue weighted by molar-refractivity contribution is -0.114. The van der Waals surface area contributed by atoms with Crippen molar-refractivity contribution < 1.29 is 9.59 Å². The van der Waals surface area contributed by atoms with E-state index < -0.39 is 0 Å². The van der Waals surface area contributed by atoms with Crippen LogP contribution in [0.1, 0.15) is 16.7 Å². The van der Waals surface area contributed by atoms with Gasteiger partial charge in [-0.15, -0.1) is 10.2 Å². The lowest BCUT2D eigenvalue weighted by Crippen LogP contribution is -2.14. The molecule has 2 amide bonds. The maximum absolute atomic E-state index is 12.2. The molecular weight excluding hydrogens is 404 g/mol. The summed E-state index contributed by atoms with van der Waals surface area (Å²) in [7, 11) is 0. The van der Waals surface area contributed by atoms with Crippen LogP contribution in [0.15, 0.2) is 58.9 Å². The van der Waals surface area contributed by atoms with E-state index in [4.69, 9.17) is 0 Å². The number of thioether (sulfide) groups is 1. The fourth-order valence-electron chi connectivity index (χ4n) is 2.39. The van der Waals surface area contributed by atoms with Gasteiger partial charge in [-0.2, -0.15) is 0 Å². The van der Waals surface area contributed by atoms with Crippen LogP contribution in [0.3, 0.4) is 0 Å². The summed E-state index contributed by atoms with van der Waals surface area (Å²) in [5, 5.41) is 13.9. The molecule has 1 heterocycles. The first kappa shape index (κ1) is 20.8. The maximum atomic E-state index is 12.2. The molecule has 0 bridgehead atoms. The van der Waals surface area contributed by atoms with E-state index in [1.54, 1.807) is 6.08 Å². The third-order valence-corrected chi connectivity index (χ3v) is 5.83. The van der Waals surface area contributed by atoms with E-state index in [1.807, 2.05) is 62.4 Å². The molecule has 0 saturated carbocycles. The van der Waals surface area contributed by atoms with Crippen LogP contribution in [0.25, 0.3) is 6.08 Å². The lowest BCUT2D eigenvalue weighted by atomic mass is 10.1. The molecule has 0 unspecified atom stereocenters. The van der Waals surface area contributed by atoms with Gasteiger partial charge in [-0.1, -0.05) is 65.6 Å². The van der Waals surface area contributed by atoms with E-state index in [0.29, 0.717) is 9.47 Å². The van der Waals surface area contributed by atoms with Crippen LogP contribution < -0.4 is 10.6 Å². The van der Waals surface area contributed by atoms with Crippen LogP contribution in [0, 0.1) is 13.8 Å². The predicted octanol–water partition coefficient (Wildman–Crippen LogP) is 4.54.